The molecule has 0 amide bonds. The van der Waals surface area contributed by atoms with Crippen molar-refractivity contribution in [3.05, 3.63) is 22.4 Å². The van der Waals surface area contributed by atoms with Gasteiger partial charge in [0.15, 0.2) is 0 Å². The number of nitrogens with two attached hydrogens (primary N) is 1. The van der Waals surface area contributed by atoms with Crippen molar-refractivity contribution in [1.29, 1.82) is 0 Å². The van der Waals surface area contributed by atoms with Crippen LogP contribution in [0.3, 0.4) is 0 Å². The monoisotopic (exact) mass is 159 g/mol. The van der Waals surface area contributed by atoms with Crippen LogP contribution in [0.25, 0.3) is 0 Å². The van der Waals surface area contributed by atoms with Gasteiger partial charge < -0.3 is 10.8 Å². The first-order chi connectivity index (χ1) is 4.61. The van der Waals surface area contributed by atoms with Crippen molar-refractivity contribution in [3.8, 4) is 0 Å². The maximum atomic E-state index is 9.19. The molecule has 0 aliphatic heterocycles. The summed E-state index contributed by atoms with van der Waals surface area (Å²) in [4.78, 5) is 0. The maximum Gasteiger partial charge on any atom is 0.132 e. The smallest absolute Gasteiger partial charge is 0.132 e. The molecule has 10 heavy (non-hydrogen) atoms. The molecule has 0 bridgehead atoms. The van der Waals surface area contributed by atoms with Crippen LogP contribution < -0.4 is 5.73 Å². The number of halogens is 1. The van der Waals surface area contributed by atoms with Crippen LogP contribution in [0.4, 0.5) is 0 Å². The highest BCUT2D eigenvalue weighted by molar-refractivity contribution is 6.30. The van der Waals surface area contributed by atoms with Gasteiger partial charge in [-0.15, -0.1) is 0 Å². The summed E-state index contributed by atoms with van der Waals surface area (Å²) >= 11 is 5.67. The van der Waals surface area contributed by atoms with Crippen LogP contribution in [0.5, 0.6) is 0 Å². The van der Waals surface area contributed by atoms with Crippen LogP contribution in [-0.4, -0.2) is 11.1 Å². The number of hydrogen-bond donors (Lipinski definition) is 2. The topological polar surface area (TPSA) is 46.2 Å². The van der Waals surface area contributed by atoms with E-state index in [9.17, 15) is 5.11 Å². The summed E-state index contributed by atoms with van der Waals surface area (Å²) in [7, 11) is 0. The van der Waals surface area contributed by atoms with Crippen molar-refractivity contribution in [2.45, 2.75) is 19.4 Å². The Bertz CT molecular complexity index is 208. The zero-order valence-electron chi connectivity index (χ0n) is 5.76. The minimum Gasteiger partial charge on any atom is -0.506 e. The first-order valence-electron chi connectivity index (χ1n) is 3.13. The number of aliphatic hydroxyl groups is 1. The van der Waals surface area contributed by atoms with Crippen molar-refractivity contribution in [2.24, 2.45) is 5.73 Å². The molecule has 0 aromatic heterocycles. The summed E-state index contributed by atoms with van der Waals surface area (Å²) in [5.74, 6) is 0.184. The second-order valence-corrected chi connectivity index (χ2v) is 2.93. The highest BCUT2D eigenvalue weighted by atomic mass is 35.5. The van der Waals surface area contributed by atoms with Gasteiger partial charge in [-0.25, -0.2) is 0 Å². The molecular weight excluding hydrogens is 150 g/mol. The Morgan fingerprint density at radius 2 is 2.40 bits per heavy atom. The lowest BCUT2D eigenvalue weighted by Crippen LogP contribution is -2.20. The van der Waals surface area contributed by atoms with E-state index in [0.717, 1.165) is 5.57 Å². The third-order valence-corrected chi connectivity index (χ3v) is 1.84. The molecule has 0 aromatic carbocycles. The predicted octanol–water partition coefficient (Wildman–Crippen LogP) is 1.67. The van der Waals surface area contributed by atoms with Gasteiger partial charge in [-0.3, -0.25) is 0 Å². The van der Waals surface area contributed by atoms with E-state index in [4.69, 9.17) is 17.3 Å². The quantitative estimate of drug-likeness (QED) is 0.565. The van der Waals surface area contributed by atoms with E-state index in [1.807, 2.05) is 0 Å². The molecule has 1 aliphatic rings. The molecule has 0 radical (unpaired) electrons. The lowest BCUT2D eigenvalue weighted by atomic mass is 10.0. The molecule has 1 rings (SSSR count). The summed E-state index contributed by atoms with van der Waals surface area (Å²) in [6, 6.07) is -0.0385. The highest BCUT2D eigenvalue weighted by Gasteiger charge is 2.14. The molecule has 1 aliphatic carbocycles. The number of hydrogen-bond acceptors (Lipinski definition) is 2. The van der Waals surface area contributed by atoms with Crippen molar-refractivity contribution in [3.63, 3.8) is 0 Å². The first kappa shape index (κ1) is 7.63. The molecule has 1 unspecified atom stereocenters. The zero-order valence-corrected chi connectivity index (χ0v) is 6.52. The molecule has 0 fully saturated rings. The van der Waals surface area contributed by atoms with E-state index in [1.54, 1.807) is 13.0 Å². The van der Waals surface area contributed by atoms with E-state index in [1.165, 1.54) is 0 Å². The minimum absolute atomic E-state index is 0.0385. The van der Waals surface area contributed by atoms with Crippen molar-refractivity contribution >= 4 is 11.6 Å². The average Bonchev–Trinajstić information content (AvgIpc) is 1.82. The average molecular weight is 160 g/mol. The lowest BCUT2D eigenvalue weighted by molar-refractivity contribution is 0.412. The van der Waals surface area contributed by atoms with Crippen LogP contribution in [0, 0.1) is 0 Å². The molecule has 0 saturated heterocycles. The largest absolute Gasteiger partial charge is 0.506 e. The molecule has 1 atom stereocenters. The van der Waals surface area contributed by atoms with Crippen LogP contribution in [-0.2, 0) is 0 Å². The van der Waals surface area contributed by atoms with Gasteiger partial charge in [0.1, 0.15) is 5.76 Å². The third-order valence-electron chi connectivity index (χ3n) is 1.51. The van der Waals surface area contributed by atoms with Gasteiger partial charge in [0, 0.05) is 12.5 Å². The summed E-state index contributed by atoms with van der Waals surface area (Å²) < 4.78 is 0. The van der Waals surface area contributed by atoms with Gasteiger partial charge in [0.05, 0.1) is 5.03 Å². The van der Waals surface area contributed by atoms with Gasteiger partial charge in [-0.2, -0.15) is 0 Å². The lowest BCUT2D eigenvalue weighted by Gasteiger charge is -2.15. The molecule has 3 N–H and O–H groups in total. The standard InChI is InChI=1S/C7H10ClNO/c1-4-2-5(9)3-6(8)7(4)10/h2,5,10H,3,9H2,1H3. The third kappa shape index (κ3) is 1.33. The second kappa shape index (κ2) is 2.64. The molecule has 2 nitrogen and oxygen atoms in total. The van der Waals surface area contributed by atoms with Crippen molar-refractivity contribution in [2.75, 3.05) is 0 Å². The normalized spacial score (nSPS) is 26.7. The Morgan fingerprint density at radius 1 is 1.80 bits per heavy atom. The predicted molar refractivity (Wildman–Crippen MR) is 41.9 cm³/mol. The Morgan fingerprint density at radius 3 is 2.90 bits per heavy atom. The zero-order chi connectivity index (χ0) is 7.72. The number of allylic oxidation sites excluding steroid dienone is 1. The summed E-state index contributed by atoms with van der Waals surface area (Å²) in [6.07, 6.45) is 2.35. The fraction of sp³-hybridized carbons (Fsp3) is 0.429. The molecule has 0 saturated carbocycles. The van der Waals surface area contributed by atoms with Crippen molar-refractivity contribution in [1.82, 2.24) is 0 Å². The van der Waals surface area contributed by atoms with E-state index in [-0.39, 0.29) is 11.8 Å². The molecule has 3 heteroatoms. The first-order valence-corrected chi connectivity index (χ1v) is 3.51. The maximum absolute atomic E-state index is 9.19. The number of rotatable bonds is 0. The Labute approximate surface area is 65.0 Å². The fourth-order valence-electron chi connectivity index (χ4n) is 0.977. The van der Waals surface area contributed by atoms with Gasteiger partial charge in [0.25, 0.3) is 0 Å². The highest BCUT2D eigenvalue weighted by Crippen LogP contribution is 2.24. The van der Waals surface area contributed by atoms with Gasteiger partial charge >= 0.3 is 0 Å². The van der Waals surface area contributed by atoms with Gasteiger partial charge in [0.2, 0.25) is 0 Å². The van der Waals surface area contributed by atoms with Crippen molar-refractivity contribution < 1.29 is 5.11 Å². The summed E-state index contributed by atoms with van der Waals surface area (Å²) in [5.41, 5.74) is 6.34. The van der Waals surface area contributed by atoms with E-state index in [0.29, 0.717) is 11.5 Å². The molecule has 56 valence electrons. The molecule has 0 heterocycles. The molecule has 0 spiro atoms. The summed E-state index contributed by atoms with van der Waals surface area (Å²) in [5, 5.41) is 9.65. The van der Waals surface area contributed by atoms with Gasteiger partial charge in [-0.05, 0) is 12.5 Å². The van der Waals surface area contributed by atoms with E-state index < -0.39 is 0 Å². The number of aliphatic hydroxyl groups excluding tert-OH is 1. The Kier molecular flexibility index (Phi) is 2.02. The minimum atomic E-state index is -0.0385. The van der Waals surface area contributed by atoms with E-state index >= 15 is 0 Å². The second-order valence-electron chi connectivity index (χ2n) is 2.47. The Hall–Kier alpha value is -0.470. The Balaban J connectivity index is 2.90. The summed E-state index contributed by atoms with van der Waals surface area (Å²) in [6.45, 7) is 1.79. The molecular formula is C7H10ClNO. The van der Waals surface area contributed by atoms with Crippen LogP contribution in [0.15, 0.2) is 22.4 Å². The van der Waals surface area contributed by atoms with Gasteiger partial charge in [-0.1, -0.05) is 17.7 Å². The van der Waals surface area contributed by atoms with Crippen LogP contribution in [0.2, 0.25) is 0 Å². The SMILES string of the molecule is CC1=CC(N)CC(Cl)=C1O. The van der Waals surface area contributed by atoms with E-state index in [2.05, 4.69) is 0 Å². The molecule has 0 aromatic rings. The van der Waals surface area contributed by atoms with Crippen LogP contribution >= 0.6 is 11.6 Å². The fourth-order valence-corrected chi connectivity index (χ4v) is 1.30. The van der Waals surface area contributed by atoms with Crippen LogP contribution in [0.1, 0.15) is 13.3 Å².